The van der Waals surface area contributed by atoms with E-state index in [2.05, 4.69) is 37.1 Å². The maximum Gasteiger partial charge on any atom is 0.0683 e. The zero-order chi connectivity index (χ0) is 7.84. The van der Waals surface area contributed by atoms with Crippen LogP contribution in [0.5, 0.6) is 0 Å². The molecule has 58 valence electrons. The fraction of sp³-hybridized carbons (Fsp3) is 0.333. The molecule has 1 nitrogen and oxygen atoms in total. The second-order valence-corrected chi connectivity index (χ2v) is 3.85. The van der Waals surface area contributed by atoms with Crippen molar-refractivity contribution in [1.82, 2.24) is 0 Å². The molecule has 11 heavy (non-hydrogen) atoms. The fourth-order valence-electron chi connectivity index (χ4n) is 1.36. The molecule has 0 aromatic heterocycles. The zero-order valence-corrected chi connectivity index (χ0v) is 7.61. The van der Waals surface area contributed by atoms with E-state index in [4.69, 9.17) is 0 Å². The Balaban J connectivity index is 2.57. The third-order valence-electron chi connectivity index (χ3n) is 2.00. The number of anilines is 1. The van der Waals surface area contributed by atoms with Crippen molar-refractivity contribution in [2.75, 3.05) is 17.8 Å². The van der Waals surface area contributed by atoms with E-state index in [1.807, 2.05) is 11.8 Å². The lowest BCUT2D eigenvalue weighted by molar-refractivity contribution is 1.09. The molecule has 1 aromatic rings. The highest BCUT2D eigenvalue weighted by molar-refractivity contribution is 8.00. The molecule has 0 fully saturated rings. The van der Waals surface area contributed by atoms with Crippen molar-refractivity contribution in [3.05, 3.63) is 23.8 Å². The molecule has 0 bridgehead atoms. The summed E-state index contributed by atoms with van der Waals surface area (Å²) in [6, 6.07) is 6.48. The van der Waals surface area contributed by atoms with Crippen LogP contribution in [0.25, 0.3) is 0 Å². The van der Waals surface area contributed by atoms with Crippen LogP contribution >= 0.6 is 11.8 Å². The quantitative estimate of drug-likeness (QED) is 0.581. The lowest BCUT2D eigenvalue weighted by atomic mass is 10.2. The third-order valence-corrected chi connectivity index (χ3v) is 3.34. The van der Waals surface area contributed by atoms with Crippen LogP contribution in [0.3, 0.4) is 0 Å². The summed E-state index contributed by atoms with van der Waals surface area (Å²) in [4.78, 5) is 3.74. The number of aryl methyl sites for hydroxylation is 1. The van der Waals surface area contributed by atoms with Gasteiger partial charge in [0, 0.05) is 11.9 Å². The van der Waals surface area contributed by atoms with E-state index in [-0.39, 0.29) is 0 Å². The summed E-state index contributed by atoms with van der Waals surface area (Å²) >= 11 is 1.93. The smallest absolute Gasteiger partial charge is 0.0683 e. The van der Waals surface area contributed by atoms with Crippen LogP contribution in [0, 0.1) is 6.92 Å². The fourth-order valence-corrected chi connectivity index (χ4v) is 2.49. The molecule has 1 heterocycles. The minimum atomic E-state index is 1.10. The summed E-state index contributed by atoms with van der Waals surface area (Å²) in [7, 11) is 2.14. The lowest BCUT2D eigenvalue weighted by Gasteiger charge is -2.10. The molecule has 0 saturated carbocycles. The minimum absolute atomic E-state index is 1.10. The van der Waals surface area contributed by atoms with Gasteiger partial charge in [0.1, 0.15) is 0 Å². The van der Waals surface area contributed by atoms with E-state index in [9.17, 15) is 0 Å². The first-order valence-electron chi connectivity index (χ1n) is 3.72. The van der Waals surface area contributed by atoms with Gasteiger partial charge < -0.3 is 4.90 Å². The predicted molar refractivity (Wildman–Crippen MR) is 50.3 cm³/mol. The average Bonchev–Trinajstić information content (AvgIpc) is 2.35. The summed E-state index contributed by atoms with van der Waals surface area (Å²) in [5.74, 6) is 1.10. The first-order valence-corrected chi connectivity index (χ1v) is 4.71. The van der Waals surface area contributed by atoms with Gasteiger partial charge >= 0.3 is 0 Å². The molecule has 1 aliphatic heterocycles. The van der Waals surface area contributed by atoms with Gasteiger partial charge in [0.15, 0.2) is 0 Å². The van der Waals surface area contributed by atoms with Gasteiger partial charge in [-0.3, -0.25) is 0 Å². The average molecular weight is 165 g/mol. The molecule has 0 unspecified atom stereocenters. The van der Waals surface area contributed by atoms with Crippen LogP contribution in [-0.2, 0) is 0 Å². The molecule has 2 heteroatoms. The molecule has 0 saturated heterocycles. The molecular formula is C9H11NS. The number of rotatable bonds is 0. The molecule has 0 radical (unpaired) electrons. The van der Waals surface area contributed by atoms with E-state index in [1.54, 1.807) is 0 Å². The molecule has 0 spiro atoms. The molecule has 2 rings (SSSR count). The Morgan fingerprint density at radius 2 is 2.27 bits per heavy atom. The third kappa shape index (κ3) is 1.02. The van der Waals surface area contributed by atoms with Gasteiger partial charge in [-0.2, -0.15) is 0 Å². The van der Waals surface area contributed by atoms with E-state index in [0.29, 0.717) is 0 Å². The molecule has 0 aliphatic carbocycles. The van der Waals surface area contributed by atoms with E-state index in [0.717, 1.165) is 5.88 Å². The van der Waals surface area contributed by atoms with Gasteiger partial charge in [0.25, 0.3) is 0 Å². The van der Waals surface area contributed by atoms with Crippen LogP contribution in [0.4, 0.5) is 5.69 Å². The van der Waals surface area contributed by atoms with Crippen molar-refractivity contribution >= 4 is 17.4 Å². The normalized spacial score (nSPS) is 15.3. The Labute approximate surface area is 71.4 Å². The van der Waals surface area contributed by atoms with Crippen molar-refractivity contribution in [3.8, 4) is 0 Å². The zero-order valence-electron chi connectivity index (χ0n) is 6.79. The van der Waals surface area contributed by atoms with Gasteiger partial charge in [-0.15, -0.1) is 11.8 Å². The molecule has 1 aliphatic rings. The second-order valence-electron chi connectivity index (χ2n) is 2.89. The minimum Gasteiger partial charge on any atom is -0.364 e. The molecule has 0 N–H and O–H groups in total. The highest BCUT2D eigenvalue weighted by Gasteiger charge is 2.16. The Bertz CT molecular complexity index is 283. The van der Waals surface area contributed by atoms with Crippen LogP contribution < -0.4 is 4.90 Å². The maximum atomic E-state index is 2.28. The summed E-state index contributed by atoms with van der Waals surface area (Å²) in [5.41, 5.74) is 2.78. The summed E-state index contributed by atoms with van der Waals surface area (Å²) in [6.45, 7) is 2.17. The first-order chi connectivity index (χ1) is 5.29. The van der Waals surface area contributed by atoms with Crippen LogP contribution in [0.2, 0.25) is 0 Å². The van der Waals surface area contributed by atoms with Crippen molar-refractivity contribution in [2.45, 2.75) is 11.8 Å². The van der Waals surface area contributed by atoms with Gasteiger partial charge in [-0.25, -0.2) is 0 Å². The number of fused-ring (bicyclic) bond motifs is 1. The lowest BCUT2D eigenvalue weighted by Crippen LogP contribution is -2.10. The topological polar surface area (TPSA) is 3.24 Å². The van der Waals surface area contributed by atoms with Gasteiger partial charge in [0.05, 0.1) is 11.6 Å². The summed E-state index contributed by atoms with van der Waals surface area (Å²) in [6.07, 6.45) is 0. The van der Waals surface area contributed by atoms with E-state index >= 15 is 0 Å². The van der Waals surface area contributed by atoms with Gasteiger partial charge in [0.2, 0.25) is 0 Å². The van der Waals surface area contributed by atoms with E-state index in [1.165, 1.54) is 16.1 Å². The Kier molecular flexibility index (Phi) is 1.57. The first kappa shape index (κ1) is 7.04. The van der Waals surface area contributed by atoms with E-state index < -0.39 is 0 Å². The molecule has 0 amide bonds. The van der Waals surface area contributed by atoms with Crippen LogP contribution in [-0.4, -0.2) is 12.9 Å². The Hall–Kier alpha value is -0.630. The number of nitrogens with zero attached hydrogens (tertiary/aromatic N) is 1. The van der Waals surface area contributed by atoms with Gasteiger partial charge in [-0.1, -0.05) is 12.1 Å². The van der Waals surface area contributed by atoms with Crippen LogP contribution in [0.15, 0.2) is 23.1 Å². The predicted octanol–water partition coefficient (Wildman–Crippen LogP) is 2.49. The maximum absolute atomic E-state index is 2.28. The van der Waals surface area contributed by atoms with Gasteiger partial charge in [-0.05, 0) is 18.6 Å². The Morgan fingerprint density at radius 3 is 3.00 bits per heavy atom. The molecular weight excluding hydrogens is 154 g/mol. The standard InChI is InChI=1S/C9H11NS/c1-7-4-3-5-8-9(7)11-6-10(8)2/h3-5H,6H2,1-2H3. The summed E-state index contributed by atoms with van der Waals surface area (Å²) in [5, 5.41) is 0. The van der Waals surface area contributed by atoms with Crippen molar-refractivity contribution in [1.29, 1.82) is 0 Å². The monoisotopic (exact) mass is 165 g/mol. The highest BCUT2D eigenvalue weighted by atomic mass is 32.2. The van der Waals surface area contributed by atoms with Crippen molar-refractivity contribution in [3.63, 3.8) is 0 Å². The SMILES string of the molecule is Cc1cccc2c1SCN2C. The largest absolute Gasteiger partial charge is 0.364 e. The number of thioether (sulfide) groups is 1. The van der Waals surface area contributed by atoms with Crippen LogP contribution in [0.1, 0.15) is 5.56 Å². The second kappa shape index (κ2) is 2.45. The number of benzene rings is 1. The Morgan fingerprint density at radius 1 is 1.45 bits per heavy atom. The van der Waals surface area contributed by atoms with Crippen molar-refractivity contribution < 1.29 is 0 Å². The molecule has 1 aromatic carbocycles. The number of hydrogen-bond acceptors (Lipinski definition) is 2. The highest BCUT2D eigenvalue weighted by Crippen LogP contribution is 2.39. The molecule has 0 atom stereocenters. The number of hydrogen-bond donors (Lipinski definition) is 0. The van der Waals surface area contributed by atoms with Crippen molar-refractivity contribution in [2.24, 2.45) is 0 Å². The summed E-state index contributed by atoms with van der Waals surface area (Å²) < 4.78 is 0.